The van der Waals surface area contributed by atoms with Crippen molar-refractivity contribution in [3.8, 4) is 0 Å². The molecule has 1 saturated heterocycles. The van der Waals surface area contributed by atoms with E-state index < -0.39 is 14.9 Å². The molecule has 2 atom stereocenters. The molecule has 1 fully saturated rings. The number of rotatable bonds is 4. The Morgan fingerprint density at radius 1 is 1.45 bits per heavy atom. The lowest BCUT2D eigenvalue weighted by atomic mass is 9.92. The molecule has 22 heavy (non-hydrogen) atoms. The van der Waals surface area contributed by atoms with Crippen LogP contribution in [0.1, 0.15) is 19.8 Å². The van der Waals surface area contributed by atoms with Crippen LogP contribution >= 0.6 is 0 Å². The van der Waals surface area contributed by atoms with Gasteiger partial charge in [-0.1, -0.05) is 0 Å². The molecule has 1 heterocycles. The molecule has 2 unspecified atom stereocenters. The van der Waals surface area contributed by atoms with Crippen molar-refractivity contribution in [2.45, 2.75) is 30.7 Å². The van der Waals surface area contributed by atoms with E-state index in [1.165, 1.54) is 12.1 Å². The van der Waals surface area contributed by atoms with E-state index in [1.807, 2.05) is 11.8 Å². The van der Waals surface area contributed by atoms with E-state index in [-0.39, 0.29) is 22.5 Å². The first-order chi connectivity index (χ1) is 10.2. The third kappa shape index (κ3) is 3.54. The molecule has 9 heteroatoms. The van der Waals surface area contributed by atoms with Gasteiger partial charge in [0.1, 0.15) is 5.69 Å². The number of hydrogen-bond donors (Lipinski definition) is 2. The molecule has 122 valence electrons. The molecule has 8 nitrogen and oxygen atoms in total. The number of nitro groups is 1. The Labute approximate surface area is 129 Å². The van der Waals surface area contributed by atoms with E-state index in [9.17, 15) is 18.5 Å². The van der Waals surface area contributed by atoms with Crippen molar-refractivity contribution in [2.24, 2.45) is 16.8 Å². The third-order valence-corrected chi connectivity index (χ3v) is 4.93. The highest BCUT2D eigenvalue weighted by Gasteiger charge is 2.28. The lowest BCUT2D eigenvalue weighted by Gasteiger charge is -2.35. The van der Waals surface area contributed by atoms with Crippen molar-refractivity contribution in [2.75, 3.05) is 18.0 Å². The number of nitrogens with two attached hydrogens (primary N) is 2. The maximum atomic E-state index is 11.4. The van der Waals surface area contributed by atoms with Gasteiger partial charge in [-0.15, -0.1) is 0 Å². The Morgan fingerprint density at radius 2 is 2.14 bits per heavy atom. The maximum Gasteiger partial charge on any atom is 0.293 e. The Morgan fingerprint density at radius 3 is 2.68 bits per heavy atom. The summed E-state index contributed by atoms with van der Waals surface area (Å²) in [5.41, 5.74) is 6.08. The fraction of sp³-hybridized carbons (Fsp3) is 0.538. The van der Waals surface area contributed by atoms with Gasteiger partial charge < -0.3 is 10.6 Å². The Bertz CT molecular complexity index is 675. The minimum atomic E-state index is -3.97. The SMILES string of the molecule is CC(N)C1CCCN(c2ccc(S(N)(=O)=O)cc2[N+](=O)[O-])C1. The van der Waals surface area contributed by atoms with Crippen LogP contribution in [0.3, 0.4) is 0 Å². The van der Waals surface area contributed by atoms with E-state index in [4.69, 9.17) is 10.9 Å². The zero-order chi connectivity index (χ0) is 16.5. The van der Waals surface area contributed by atoms with Crippen LogP contribution in [-0.2, 0) is 10.0 Å². The molecule has 0 bridgehead atoms. The lowest BCUT2D eigenvalue weighted by molar-refractivity contribution is -0.384. The van der Waals surface area contributed by atoms with Gasteiger partial charge in [-0.2, -0.15) is 0 Å². The van der Waals surface area contributed by atoms with Crippen LogP contribution in [0.5, 0.6) is 0 Å². The van der Waals surface area contributed by atoms with E-state index >= 15 is 0 Å². The Hall–Kier alpha value is -1.71. The molecule has 2 rings (SSSR count). The second kappa shape index (κ2) is 6.19. The summed E-state index contributed by atoms with van der Waals surface area (Å²) in [6.07, 6.45) is 1.87. The summed E-state index contributed by atoms with van der Waals surface area (Å²) in [7, 11) is -3.97. The number of nitrogens with zero attached hydrogens (tertiary/aromatic N) is 2. The molecule has 0 saturated carbocycles. The summed E-state index contributed by atoms with van der Waals surface area (Å²) >= 11 is 0. The highest BCUT2D eigenvalue weighted by molar-refractivity contribution is 7.89. The summed E-state index contributed by atoms with van der Waals surface area (Å²) in [5, 5.41) is 16.3. The van der Waals surface area contributed by atoms with Gasteiger partial charge in [-0.25, -0.2) is 13.6 Å². The fourth-order valence-electron chi connectivity index (χ4n) is 2.75. The van der Waals surface area contributed by atoms with Crippen LogP contribution in [0, 0.1) is 16.0 Å². The van der Waals surface area contributed by atoms with E-state index in [0.29, 0.717) is 18.8 Å². The third-order valence-electron chi connectivity index (χ3n) is 4.01. The van der Waals surface area contributed by atoms with Crippen LogP contribution in [0.15, 0.2) is 23.1 Å². The fourth-order valence-corrected chi connectivity index (χ4v) is 3.29. The van der Waals surface area contributed by atoms with Gasteiger partial charge in [0, 0.05) is 25.2 Å². The van der Waals surface area contributed by atoms with Crippen LogP contribution in [0.4, 0.5) is 11.4 Å². The molecule has 0 spiro atoms. The average molecular weight is 328 g/mol. The van der Waals surface area contributed by atoms with Crippen LogP contribution in [0.2, 0.25) is 0 Å². The summed E-state index contributed by atoms with van der Waals surface area (Å²) in [6, 6.07) is 3.76. The molecule has 1 aromatic rings. The van der Waals surface area contributed by atoms with E-state index in [0.717, 1.165) is 18.9 Å². The normalized spacial score (nSPS) is 20.7. The molecule has 1 aliphatic heterocycles. The predicted molar refractivity (Wildman–Crippen MR) is 83.1 cm³/mol. The first-order valence-electron chi connectivity index (χ1n) is 7.02. The number of sulfonamides is 1. The summed E-state index contributed by atoms with van der Waals surface area (Å²) < 4.78 is 22.7. The smallest absolute Gasteiger partial charge is 0.293 e. The average Bonchev–Trinajstić information content (AvgIpc) is 2.45. The van der Waals surface area contributed by atoms with Gasteiger partial charge in [0.25, 0.3) is 5.69 Å². The molecule has 0 aliphatic carbocycles. The zero-order valence-electron chi connectivity index (χ0n) is 12.3. The topological polar surface area (TPSA) is 133 Å². The number of primary sulfonamides is 1. The van der Waals surface area contributed by atoms with E-state index in [2.05, 4.69) is 0 Å². The standard InChI is InChI=1S/C13H20N4O4S/c1-9(14)10-3-2-6-16(8-10)12-5-4-11(22(15,20)21)7-13(12)17(18)19/h4-5,7,9-10H,2-3,6,8,14H2,1H3,(H2,15,20,21). The van der Waals surface area contributed by atoms with E-state index in [1.54, 1.807) is 0 Å². The minimum Gasteiger partial charge on any atom is -0.366 e. The van der Waals surface area contributed by atoms with Crippen molar-refractivity contribution >= 4 is 21.4 Å². The number of benzene rings is 1. The minimum absolute atomic E-state index is 0.00514. The van der Waals surface area contributed by atoms with Gasteiger partial charge in [0.05, 0.1) is 9.82 Å². The van der Waals surface area contributed by atoms with Crippen LogP contribution < -0.4 is 15.8 Å². The predicted octanol–water partition coefficient (Wildman–Crippen LogP) is 0.806. The summed E-state index contributed by atoms with van der Waals surface area (Å²) in [6.45, 7) is 3.22. The molecule has 4 N–H and O–H groups in total. The number of nitro benzene ring substituents is 1. The monoisotopic (exact) mass is 328 g/mol. The quantitative estimate of drug-likeness (QED) is 0.620. The number of piperidine rings is 1. The van der Waals surface area contributed by atoms with Crippen molar-refractivity contribution < 1.29 is 13.3 Å². The Balaban J connectivity index is 2.40. The van der Waals surface area contributed by atoms with Gasteiger partial charge in [-0.05, 0) is 37.8 Å². The van der Waals surface area contributed by atoms with Crippen molar-refractivity contribution in [3.63, 3.8) is 0 Å². The largest absolute Gasteiger partial charge is 0.366 e. The second-order valence-corrected chi connectivity index (χ2v) is 7.22. The van der Waals surface area contributed by atoms with Crippen molar-refractivity contribution in [1.29, 1.82) is 0 Å². The molecule has 0 amide bonds. The first-order valence-corrected chi connectivity index (χ1v) is 8.56. The number of anilines is 1. The summed E-state index contributed by atoms with van der Waals surface area (Å²) in [4.78, 5) is 12.3. The first kappa shape index (κ1) is 16.7. The van der Waals surface area contributed by atoms with Gasteiger partial charge >= 0.3 is 0 Å². The van der Waals surface area contributed by atoms with Crippen molar-refractivity contribution in [3.05, 3.63) is 28.3 Å². The van der Waals surface area contributed by atoms with Crippen LogP contribution in [0.25, 0.3) is 0 Å². The molecule has 0 radical (unpaired) electrons. The van der Waals surface area contributed by atoms with Crippen LogP contribution in [-0.4, -0.2) is 32.5 Å². The van der Waals surface area contributed by atoms with Crippen molar-refractivity contribution in [1.82, 2.24) is 0 Å². The van der Waals surface area contributed by atoms with Gasteiger partial charge in [-0.3, -0.25) is 10.1 Å². The molecular formula is C13H20N4O4S. The maximum absolute atomic E-state index is 11.4. The molecule has 1 aromatic carbocycles. The lowest BCUT2D eigenvalue weighted by Crippen LogP contribution is -2.42. The Kier molecular flexibility index (Phi) is 4.69. The molecular weight excluding hydrogens is 308 g/mol. The van der Waals surface area contributed by atoms with Gasteiger partial charge in [0.15, 0.2) is 0 Å². The zero-order valence-corrected chi connectivity index (χ0v) is 13.1. The highest BCUT2D eigenvalue weighted by atomic mass is 32.2. The second-order valence-electron chi connectivity index (χ2n) is 5.66. The highest BCUT2D eigenvalue weighted by Crippen LogP contribution is 2.33. The molecule has 1 aliphatic rings. The number of hydrogen-bond acceptors (Lipinski definition) is 6. The molecule has 0 aromatic heterocycles. The van der Waals surface area contributed by atoms with Gasteiger partial charge in [0.2, 0.25) is 10.0 Å². The summed E-state index contributed by atoms with van der Waals surface area (Å²) in [5.74, 6) is 0.256.